The molecule has 0 N–H and O–H groups in total. The molecular formula is C28H50O2. The van der Waals surface area contributed by atoms with Gasteiger partial charge in [0.25, 0.3) is 0 Å². The van der Waals surface area contributed by atoms with Crippen LogP contribution in [0.3, 0.4) is 0 Å². The second-order valence-electron chi connectivity index (χ2n) is 11.3. The first-order valence-electron chi connectivity index (χ1n) is 13.8. The van der Waals surface area contributed by atoms with Crippen LogP contribution in [-0.2, 0) is 9.53 Å². The number of rotatable bonds is 9. The van der Waals surface area contributed by atoms with Crippen molar-refractivity contribution in [3.8, 4) is 0 Å². The lowest BCUT2D eigenvalue weighted by Crippen LogP contribution is -2.34. The van der Waals surface area contributed by atoms with Crippen LogP contribution in [0.25, 0.3) is 0 Å². The summed E-state index contributed by atoms with van der Waals surface area (Å²) < 4.78 is 6.01. The summed E-state index contributed by atoms with van der Waals surface area (Å²) in [6.45, 7) is 7.12. The van der Waals surface area contributed by atoms with Gasteiger partial charge in [0.15, 0.2) is 0 Å². The molecule has 3 aliphatic carbocycles. The van der Waals surface area contributed by atoms with E-state index in [1.807, 2.05) is 0 Å². The average molecular weight is 419 g/mol. The van der Waals surface area contributed by atoms with Crippen molar-refractivity contribution in [2.75, 3.05) is 0 Å². The highest BCUT2D eigenvalue weighted by Gasteiger charge is 2.37. The smallest absolute Gasteiger partial charge is 0.309 e. The normalized spacial score (nSPS) is 37.6. The highest BCUT2D eigenvalue weighted by atomic mass is 16.5. The number of hydrogen-bond acceptors (Lipinski definition) is 2. The molecule has 0 aliphatic heterocycles. The molecule has 0 aromatic carbocycles. The van der Waals surface area contributed by atoms with Gasteiger partial charge in [0.2, 0.25) is 0 Å². The molecule has 3 aliphatic rings. The Bertz CT molecular complexity index is 485. The van der Waals surface area contributed by atoms with Crippen LogP contribution in [0.1, 0.15) is 130 Å². The average Bonchev–Trinajstić information content (AvgIpc) is 2.76. The van der Waals surface area contributed by atoms with Crippen LogP contribution in [0.5, 0.6) is 0 Å². The van der Waals surface area contributed by atoms with Crippen molar-refractivity contribution >= 4 is 5.97 Å². The van der Waals surface area contributed by atoms with E-state index in [1.165, 1.54) is 83.5 Å². The van der Waals surface area contributed by atoms with Gasteiger partial charge in [-0.2, -0.15) is 0 Å². The molecule has 174 valence electrons. The second kappa shape index (κ2) is 12.5. The van der Waals surface area contributed by atoms with Crippen LogP contribution in [-0.4, -0.2) is 12.1 Å². The van der Waals surface area contributed by atoms with Crippen molar-refractivity contribution in [3.63, 3.8) is 0 Å². The third-order valence-corrected chi connectivity index (χ3v) is 9.04. The molecule has 0 amide bonds. The largest absolute Gasteiger partial charge is 0.462 e. The molecule has 2 heteroatoms. The number of hydrogen-bond donors (Lipinski definition) is 0. The van der Waals surface area contributed by atoms with Crippen LogP contribution >= 0.6 is 0 Å². The Hall–Kier alpha value is -0.530. The fourth-order valence-electron chi connectivity index (χ4n) is 7.17. The van der Waals surface area contributed by atoms with E-state index < -0.39 is 0 Å². The van der Waals surface area contributed by atoms with E-state index in [-0.39, 0.29) is 18.0 Å². The van der Waals surface area contributed by atoms with Crippen LogP contribution in [0, 0.1) is 35.5 Å². The molecule has 0 aromatic rings. The minimum atomic E-state index is 0.141. The van der Waals surface area contributed by atoms with Crippen LogP contribution in [0.2, 0.25) is 0 Å². The summed E-state index contributed by atoms with van der Waals surface area (Å²) in [6, 6.07) is 0. The van der Waals surface area contributed by atoms with Gasteiger partial charge in [-0.3, -0.25) is 4.79 Å². The van der Waals surface area contributed by atoms with Gasteiger partial charge in [-0.1, -0.05) is 65.7 Å². The molecule has 3 fully saturated rings. The van der Waals surface area contributed by atoms with Gasteiger partial charge in [0, 0.05) is 0 Å². The molecule has 3 saturated carbocycles. The lowest BCUT2D eigenvalue weighted by molar-refractivity contribution is -0.157. The topological polar surface area (TPSA) is 26.3 Å². The van der Waals surface area contributed by atoms with Crippen LogP contribution in [0.15, 0.2) is 0 Å². The standard InChI is InChI=1S/C28H50O2/c1-4-6-7-9-22-10-17-26(18-11-22)30-28(29)25-15-13-24(14-16-25)27-19-12-23(8-5-2)20-21(27)3/h21-27H,4-20H2,1-3H3/t21-,22?,23+,24?,25?,26?,27-/m1/s1. The number of unbranched alkanes of at least 4 members (excludes halogenated alkanes) is 2. The van der Waals surface area contributed by atoms with Crippen molar-refractivity contribution in [1.82, 2.24) is 0 Å². The summed E-state index contributed by atoms with van der Waals surface area (Å²) in [5.41, 5.74) is 0. The second-order valence-corrected chi connectivity index (χ2v) is 11.3. The van der Waals surface area contributed by atoms with E-state index in [9.17, 15) is 4.79 Å². The van der Waals surface area contributed by atoms with Gasteiger partial charge >= 0.3 is 5.97 Å². The Morgan fingerprint density at radius 2 is 1.47 bits per heavy atom. The molecule has 0 aromatic heterocycles. The van der Waals surface area contributed by atoms with E-state index in [2.05, 4.69) is 20.8 Å². The summed E-state index contributed by atoms with van der Waals surface area (Å²) in [7, 11) is 0. The van der Waals surface area contributed by atoms with E-state index in [0.29, 0.717) is 0 Å². The summed E-state index contributed by atoms with van der Waals surface area (Å²) >= 11 is 0. The highest BCUT2D eigenvalue weighted by Crippen LogP contribution is 2.45. The molecule has 0 saturated heterocycles. The minimum absolute atomic E-state index is 0.141. The summed E-state index contributed by atoms with van der Waals surface area (Å²) in [4.78, 5) is 12.8. The molecule has 0 unspecified atom stereocenters. The first-order valence-corrected chi connectivity index (χ1v) is 13.8. The third kappa shape index (κ3) is 6.99. The maximum atomic E-state index is 12.8. The predicted molar refractivity (Wildman–Crippen MR) is 126 cm³/mol. The first-order chi connectivity index (χ1) is 14.6. The van der Waals surface area contributed by atoms with Crippen molar-refractivity contribution < 1.29 is 9.53 Å². The maximum absolute atomic E-state index is 12.8. The minimum Gasteiger partial charge on any atom is -0.462 e. The zero-order valence-electron chi connectivity index (χ0n) is 20.4. The van der Waals surface area contributed by atoms with Gasteiger partial charge in [0.05, 0.1) is 5.92 Å². The van der Waals surface area contributed by atoms with Gasteiger partial charge in [0.1, 0.15) is 6.10 Å². The molecule has 0 heterocycles. The van der Waals surface area contributed by atoms with Crippen molar-refractivity contribution in [2.24, 2.45) is 35.5 Å². The highest BCUT2D eigenvalue weighted by molar-refractivity contribution is 5.72. The Balaban J connectivity index is 1.34. The Morgan fingerprint density at radius 1 is 0.767 bits per heavy atom. The van der Waals surface area contributed by atoms with E-state index in [4.69, 9.17) is 4.74 Å². The van der Waals surface area contributed by atoms with Crippen molar-refractivity contribution in [1.29, 1.82) is 0 Å². The summed E-state index contributed by atoms with van der Waals surface area (Å²) in [6.07, 6.45) is 22.2. The van der Waals surface area contributed by atoms with Crippen LogP contribution < -0.4 is 0 Å². The SMILES string of the molecule is CCCCCC1CCC(OC(=O)C2CCC([C@@H]3CC[C@H](CCC)C[C@H]3C)CC2)CC1. The number of carbonyl (C=O) groups is 1. The summed E-state index contributed by atoms with van der Waals surface area (Å²) in [5.74, 6) is 4.86. The molecule has 2 nitrogen and oxygen atoms in total. The lowest BCUT2D eigenvalue weighted by atomic mass is 9.64. The maximum Gasteiger partial charge on any atom is 0.309 e. The van der Waals surface area contributed by atoms with Gasteiger partial charge in [-0.25, -0.2) is 0 Å². The molecule has 0 bridgehead atoms. The van der Waals surface area contributed by atoms with Crippen molar-refractivity contribution in [3.05, 3.63) is 0 Å². The summed E-state index contributed by atoms with van der Waals surface area (Å²) in [5, 5.41) is 0. The first kappa shape index (κ1) is 24.1. The quantitative estimate of drug-likeness (QED) is 0.278. The monoisotopic (exact) mass is 418 g/mol. The van der Waals surface area contributed by atoms with E-state index in [0.717, 1.165) is 55.3 Å². The molecule has 0 spiro atoms. The van der Waals surface area contributed by atoms with E-state index >= 15 is 0 Å². The van der Waals surface area contributed by atoms with E-state index in [1.54, 1.807) is 0 Å². The van der Waals surface area contributed by atoms with Crippen LogP contribution in [0.4, 0.5) is 0 Å². The van der Waals surface area contributed by atoms with Crippen molar-refractivity contribution in [2.45, 2.75) is 136 Å². The van der Waals surface area contributed by atoms with Gasteiger partial charge < -0.3 is 4.74 Å². The fourth-order valence-corrected chi connectivity index (χ4v) is 7.17. The zero-order chi connectivity index (χ0) is 21.3. The van der Waals surface area contributed by atoms with Gasteiger partial charge in [-0.15, -0.1) is 0 Å². The molecule has 3 atom stereocenters. The predicted octanol–water partition coefficient (Wildman–Crippen LogP) is 8.33. The fraction of sp³-hybridized carbons (Fsp3) is 0.964. The Kier molecular flexibility index (Phi) is 10.0. The number of carbonyl (C=O) groups excluding carboxylic acids is 1. The Labute approximate surface area is 187 Å². The number of ether oxygens (including phenoxy) is 1. The van der Waals surface area contributed by atoms with Gasteiger partial charge in [-0.05, 0) is 93.8 Å². The number of esters is 1. The third-order valence-electron chi connectivity index (χ3n) is 9.04. The zero-order valence-corrected chi connectivity index (χ0v) is 20.4. The Morgan fingerprint density at radius 3 is 2.10 bits per heavy atom. The molecular weight excluding hydrogens is 368 g/mol. The lowest BCUT2D eigenvalue weighted by Gasteiger charge is -2.41. The molecule has 3 rings (SSSR count). The molecule has 30 heavy (non-hydrogen) atoms. The molecule has 0 radical (unpaired) electrons.